The summed E-state index contributed by atoms with van der Waals surface area (Å²) in [5, 5.41) is -0.634. The fourth-order valence-electron chi connectivity index (χ4n) is 2.44. The number of alkyl halides is 3. The van der Waals surface area contributed by atoms with E-state index < -0.39 is 26.8 Å². The molecule has 1 aliphatic carbocycles. The summed E-state index contributed by atoms with van der Waals surface area (Å²) in [6.07, 6.45) is -2.56. The molecule has 1 saturated carbocycles. The highest BCUT2D eigenvalue weighted by Crippen LogP contribution is 2.33. The number of hydrogen-bond donors (Lipinski definition) is 1. The van der Waals surface area contributed by atoms with Gasteiger partial charge in [0, 0.05) is 6.04 Å². The quantitative estimate of drug-likeness (QED) is 0.914. The Morgan fingerprint density at radius 1 is 1.10 bits per heavy atom. The number of hydrogen-bond acceptors (Lipinski definition) is 3. The van der Waals surface area contributed by atoms with Crippen LogP contribution in [-0.2, 0) is 16.0 Å². The van der Waals surface area contributed by atoms with Gasteiger partial charge in [-0.25, -0.2) is 8.42 Å². The molecule has 0 spiro atoms. The normalized spacial score (nSPS) is 24.6. The Kier molecular flexibility index (Phi) is 4.11. The Bertz CT molecular complexity index is 576. The van der Waals surface area contributed by atoms with Crippen LogP contribution in [-0.4, -0.2) is 19.7 Å². The number of rotatable bonds is 2. The lowest BCUT2D eigenvalue weighted by Gasteiger charge is -2.26. The van der Waals surface area contributed by atoms with E-state index in [0.29, 0.717) is 31.7 Å². The zero-order valence-corrected chi connectivity index (χ0v) is 11.5. The van der Waals surface area contributed by atoms with Crippen LogP contribution in [0.1, 0.15) is 31.2 Å². The Labute approximate surface area is 115 Å². The molecule has 2 rings (SSSR count). The van der Waals surface area contributed by atoms with Gasteiger partial charge in [-0.05, 0) is 43.9 Å². The lowest BCUT2D eigenvalue weighted by atomic mass is 9.96. The van der Waals surface area contributed by atoms with E-state index in [0.717, 1.165) is 12.1 Å². The molecule has 0 unspecified atom stereocenters. The van der Waals surface area contributed by atoms with Gasteiger partial charge >= 0.3 is 6.18 Å². The molecule has 0 aliphatic heterocycles. The van der Waals surface area contributed by atoms with Crippen LogP contribution in [0.4, 0.5) is 13.2 Å². The maximum absolute atomic E-state index is 12.6. The first-order chi connectivity index (χ1) is 9.21. The van der Waals surface area contributed by atoms with Crippen LogP contribution >= 0.6 is 0 Å². The Hall–Kier alpha value is -1.08. The second-order valence-corrected chi connectivity index (χ2v) is 7.34. The van der Waals surface area contributed by atoms with Crippen LogP contribution < -0.4 is 5.73 Å². The zero-order chi connectivity index (χ0) is 15.0. The molecule has 7 heteroatoms. The van der Waals surface area contributed by atoms with Gasteiger partial charge in [-0.3, -0.25) is 0 Å². The molecule has 0 atom stereocenters. The first kappa shape index (κ1) is 15.3. The molecule has 0 bridgehead atoms. The third-order valence-electron chi connectivity index (χ3n) is 3.65. The van der Waals surface area contributed by atoms with Crippen LogP contribution in [0.15, 0.2) is 29.2 Å². The average molecular weight is 307 g/mol. The van der Waals surface area contributed by atoms with E-state index in [1.807, 2.05) is 0 Å². The summed E-state index contributed by atoms with van der Waals surface area (Å²) in [7, 11) is -3.72. The van der Waals surface area contributed by atoms with E-state index in [9.17, 15) is 21.6 Å². The summed E-state index contributed by atoms with van der Waals surface area (Å²) in [6, 6.07) is 3.92. The maximum atomic E-state index is 12.6. The first-order valence-electron chi connectivity index (χ1n) is 6.38. The number of sulfone groups is 1. The minimum atomic E-state index is -4.54. The van der Waals surface area contributed by atoms with Gasteiger partial charge in [0.1, 0.15) is 0 Å². The third-order valence-corrected chi connectivity index (χ3v) is 5.91. The van der Waals surface area contributed by atoms with Gasteiger partial charge < -0.3 is 5.73 Å². The molecule has 1 aromatic carbocycles. The highest BCUT2D eigenvalue weighted by molar-refractivity contribution is 7.92. The first-order valence-corrected chi connectivity index (χ1v) is 7.92. The van der Waals surface area contributed by atoms with E-state index in [1.54, 1.807) is 0 Å². The molecular weight excluding hydrogens is 291 g/mol. The molecule has 1 fully saturated rings. The molecule has 112 valence electrons. The van der Waals surface area contributed by atoms with Crippen LogP contribution in [0.5, 0.6) is 0 Å². The molecule has 0 amide bonds. The van der Waals surface area contributed by atoms with Crippen molar-refractivity contribution in [2.24, 2.45) is 5.73 Å². The molecule has 0 radical (unpaired) electrons. The predicted molar refractivity (Wildman–Crippen MR) is 68.9 cm³/mol. The standard InChI is InChI=1S/C13H16F3NO2S/c14-13(15,16)9-2-1-3-12(8-9)20(18,19)11-6-4-10(17)5-7-11/h1-3,8,10-11H,4-7,17H2/t10-,11-. The van der Waals surface area contributed by atoms with Crippen molar-refractivity contribution in [3.63, 3.8) is 0 Å². The lowest BCUT2D eigenvalue weighted by molar-refractivity contribution is -0.137. The van der Waals surface area contributed by atoms with Crippen molar-refractivity contribution in [3.8, 4) is 0 Å². The summed E-state index contributed by atoms with van der Waals surface area (Å²) in [4.78, 5) is -0.257. The number of nitrogens with two attached hydrogens (primary N) is 1. The monoisotopic (exact) mass is 307 g/mol. The van der Waals surface area contributed by atoms with Crippen LogP contribution in [0.2, 0.25) is 0 Å². The van der Waals surface area contributed by atoms with Crippen molar-refractivity contribution in [3.05, 3.63) is 29.8 Å². The summed E-state index contributed by atoms with van der Waals surface area (Å²) in [5.41, 5.74) is 4.78. The third kappa shape index (κ3) is 3.15. The molecule has 20 heavy (non-hydrogen) atoms. The highest BCUT2D eigenvalue weighted by atomic mass is 32.2. The van der Waals surface area contributed by atoms with E-state index in [-0.39, 0.29) is 10.9 Å². The lowest BCUT2D eigenvalue weighted by Crippen LogP contribution is -2.33. The Morgan fingerprint density at radius 3 is 2.25 bits per heavy atom. The molecule has 2 N–H and O–H groups in total. The number of benzene rings is 1. The minimum Gasteiger partial charge on any atom is -0.328 e. The molecule has 0 aromatic heterocycles. The van der Waals surface area contributed by atoms with E-state index in [1.165, 1.54) is 6.07 Å². The smallest absolute Gasteiger partial charge is 0.328 e. The van der Waals surface area contributed by atoms with Crippen LogP contribution in [0.3, 0.4) is 0 Å². The number of halogens is 3. The van der Waals surface area contributed by atoms with E-state index in [4.69, 9.17) is 5.73 Å². The maximum Gasteiger partial charge on any atom is 0.416 e. The van der Waals surface area contributed by atoms with Gasteiger partial charge in [-0.15, -0.1) is 0 Å². The molecular formula is C13H16F3NO2S. The predicted octanol–water partition coefficient (Wildman–Crippen LogP) is 2.75. The zero-order valence-electron chi connectivity index (χ0n) is 10.7. The fourth-order valence-corrected chi connectivity index (χ4v) is 4.28. The summed E-state index contributed by atoms with van der Waals surface area (Å²) >= 11 is 0. The van der Waals surface area contributed by atoms with Crippen molar-refractivity contribution >= 4 is 9.84 Å². The summed E-state index contributed by atoms with van der Waals surface area (Å²) in [6.45, 7) is 0. The van der Waals surface area contributed by atoms with Crippen molar-refractivity contribution in [2.75, 3.05) is 0 Å². The van der Waals surface area contributed by atoms with E-state index >= 15 is 0 Å². The van der Waals surface area contributed by atoms with Gasteiger partial charge in [0.15, 0.2) is 9.84 Å². The average Bonchev–Trinajstić information content (AvgIpc) is 2.38. The van der Waals surface area contributed by atoms with Crippen molar-refractivity contribution in [1.29, 1.82) is 0 Å². The van der Waals surface area contributed by atoms with Gasteiger partial charge in [0.2, 0.25) is 0 Å². The fraction of sp³-hybridized carbons (Fsp3) is 0.538. The molecule has 0 saturated heterocycles. The van der Waals surface area contributed by atoms with Crippen molar-refractivity contribution < 1.29 is 21.6 Å². The van der Waals surface area contributed by atoms with Gasteiger partial charge in [-0.1, -0.05) is 6.07 Å². The topological polar surface area (TPSA) is 60.2 Å². The molecule has 1 aliphatic rings. The van der Waals surface area contributed by atoms with Gasteiger partial charge in [-0.2, -0.15) is 13.2 Å². The molecule has 1 aromatic rings. The molecule has 0 heterocycles. The van der Waals surface area contributed by atoms with Gasteiger partial charge in [0.05, 0.1) is 15.7 Å². The van der Waals surface area contributed by atoms with E-state index in [2.05, 4.69) is 0 Å². The molecule has 3 nitrogen and oxygen atoms in total. The highest BCUT2D eigenvalue weighted by Gasteiger charge is 2.34. The minimum absolute atomic E-state index is 0.0111. The van der Waals surface area contributed by atoms with Crippen molar-refractivity contribution in [1.82, 2.24) is 0 Å². The summed E-state index contributed by atoms with van der Waals surface area (Å²) in [5.74, 6) is 0. The van der Waals surface area contributed by atoms with Crippen LogP contribution in [0, 0.1) is 0 Å². The summed E-state index contributed by atoms with van der Waals surface area (Å²) < 4.78 is 62.6. The van der Waals surface area contributed by atoms with Gasteiger partial charge in [0.25, 0.3) is 0 Å². The van der Waals surface area contributed by atoms with Crippen molar-refractivity contribution in [2.45, 2.75) is 48.0 Å². The second-order valence-electron chi connectivity index (χ2n) is 5.11. The Morgan fingerprint density at radius 2 is 1.70 bits per heavy atom. The Balaban J connectivity index is 2.30. The second kappa shape index (κ2) is 5.37. The van der Waals surface area contributed by atoms with Crippen LogP contribution in [0.25, 0.3) is 0 Å². The largest absolute Gasteiger partial charge is 0.416 e. The SMILES string of the molecule is N[C@H]1CC[C@H](S(=O)(=O)c2cccc(C(F)(F)F)c2)CC1.